The van der Waals surface area contributed by atoms with Crippen LogP contribution in [0.15, 0.2) is 30.3 Å². The molecule has 0 saturated heterocycles. The second-order valence-electron chi connectivity index (χ2n) is 9.67. The molecule has 0 amide bonds. The first kappa shape index (κ1) is 23.0. The van der Waals surface area contributed by atoms with Crippen LogP contribution in [-0.4, -0.2) is 33.8 Å². The summed E-state index contributed by atoms with van der Waals surface area (Å²) in [6.45, 7) is 20.2. The third-order valence-electron chi connectivity index (χ3n) is 3.18. The highest BCUT2D eigenvalue weighted by Gasteiger charge is 2.49. The van der Waals surface area contributed by atoms with Crippen molar-refractivity contribution in [1.82, 2.24) is 0 Å². The predicted octanol–water partition coefficient (Wildman–Crippen LogP) is 6.11. The normalized spacial score (nSPS) is 14.0. The van der Waals surface area contributed by atoms with Gasteiger partial charge in [-0.05, 0) is 77.3 Å². The molecule has 1 rings (SSSR count). The van der Waals surface area contributed by atoms with Crippen molar-refractivity contribution in [2.24, 2.45) is 0 Å². The summed E-state index contributed by atoms with van der Waals surface area (Å²) in [6.07, 6.45) is 2.10. The Morgan fingerprint density at radius 3 is 1.40 bits per heavy atom. The first-order chi connectivity index (χ1) is 11.2. The predicted molar refractivity (Wildman–Crippen MR) is 119 cm³/mol. The van der Waals surface area contributed by atoms with Gasteiger partial charge in [0.15, 0.2) is 25.0 Å². The lowest BCUT2D eigenvalue weighted by molar-refractivity contribution is 0.250. The molecule has 0 aliphatic carbocycles. The summed E-state index contributed by atoms with van der Waals surface area (Å²) in [6, 6.07) is 11.6. The molecule has 144 valence electrons. The monoisotopic (exact) mass is 414 g/mol. The van der Waals surface area contributed by atoms with Crippen molar-refractivity contribution in [2.75, 3.05) is 0 Å². The van der Waals surface area contributed by atoms with Crippen molar-refractivity contribution in [1.29, 1.82) is 0 Å². The second-order valence-corrected chi connectivity index (χ2v) is 26.7. The molecule has 7 heteroatoms. The van der Waals surface area contributed by atoms with E-state index in [1.165, 1.54) is 5.56 Å². The molecule has 25 heavy (non-hydrogen) atoms. The lowest BCUT2D eigenvalue weighted by Gasteiger charge is -2.43. The zero-order chi connectivity index (χ0) is 19.4. The van der Waals surface area contributed by atoms with Crippen LogP contribution in [0.25, 0.3) is 0 Å². The Bertz CT molecular complexity index is 475. The minimum Gasteiger partial charge on any atom is -0.417 e. The Kier molecular flexibility index (Phi) is 8.07. The molecule has 3 nitrogen and oxygen atoms in total. The molecule has 0 radical (unpaired) electrons. The minimum absolute atomic E-state index is 0.917. The number of benzene rings is 1. The van der Waals surface area contributed by atoms with Crippen LogP contribution in [-0.2, 0) is 18.8 Å². The van der Waals surface area contributed by atoms with Gasteiger partial charge in [0.05, 0.1) is 0 Å². The molecular weight excluding hydrogens is 377 g/mol. The van der Waals surface area contributed by atoms with E-state index in [0.717, 1.165) is 18.9 Å². The number of hydrogen-bond donors (Lipinski definition) is 0. The lowest BCUT2D eigenvalue weighted by Crippen LogP contribution is -2.60. The van der Waals surface area contributed by atoms with E-state index in [1.807, 2.05) is 0 Å². The van der Waals surface area contributed by atoms with Crippen LogP contribution in [0.3, 0.4) is 0 Å². The van der Waals surface area contributed by atoms with Gasteiger partial charge in [-0.2, -0.15) is 0 Å². The van der Waals surface area contributed by atoms with Crippen molar-refractivity contribution >= 4 is 33.8 Å². The van der Waals surface area contributed by atoms with Gasteiger partial charge in [0.2, 0.25) is 0 Å². The molecule has 0 bridgehead atoms. The Morgan fingerprint density at radius 2 is 1.04 bits per heavy atom. The van der Waals surface area contributed by atoms with Crippen LogP contribution in [0, 0.1) is 0 Å². The highest BCUT2D eigenvalue weighted by molar-refractivity contribution is 6.90. The Morgan fingerprint density at radius 1 is 0.640 bits per heavy atom. The quantitative estimate of drug-likeness (QED) is 0.432. The summed E-state index contributed by atoms with van der Waals surface area (Å²) in [5.41, 5.74) is 1.37. The summed E-state index contributed by atoms with van der Waals surface area (Å²) in [5.74, 6) is 0. The van der Waals surface area contributed by atoms with Crippen molar-refractivity contribution < 1.29 is 12.3 Å². The summed E-state index contributed by atoms with van der Waals surface area (Å²) in [5, 5.41) is 0. The molecule has 0 spiro atoms. The van der Waals surface area contributed by atoms with Gasteiger partial charge in [0.25, 0.3) is 0 Å². The second kappa shape index (κ2) is 8.77. The van der Waals surface area contributed by atoms with Crippen LogP contribution in [0.4, 0.5) is 0 Å². The molecule has 0 unspecified atom stereocenters. The van der Waals surface area contributed by atoms with Gasteiger partial charge in [-0.3, -0.25) is 0 Å². The van der Waals surface area contributed by atoms with E-state index in [2.05, 4.69) is 89.3 Å². The summed E-state index contributed by atoms with van der Waals surface area (Å²) in [4.78, 5) is 0. The fourth-order valence-corrected chi connectivity index (χ4v) is 17.4. The fraction of sp³-hybridized carbons (Fsp3) is 0.667. The maximum Gasteiger partial charge on any atom is 0.469 e. The summed E-state index contributed by atoms with van der Waals surface area (Å²) < 4.78 is 20.2. The molecule has 0 fully saturated rings. The van der Waals surface area contributed by atoms with Gasteiger partial charge in [-0.1, -0.05) is 30.3 Å². The zero-order valence-electron chi connectivity index (χ0n) is 17.7. The third kappa shape index (κ3) is 10.6. The van der Waals surface area contributed by atoms with Gasteiger partial charge >= 0.3 is 8.80 Å². The molecule has 0 saturated carbocycles. The van der Waals surface area contributed by atoms with Crippen LogP contribution >= 0.6 is 0 Å². The van der Waals surface area contributed by atoms with Gasteiger partial charge in [-0.25, -0.2) is 0 Å². The largest absolute Gasteiger partial charge is 0.469 e. The van der Waals surface area contributed by atoms with E-state index in [0.29, 0.717) is 0 Å². The molecule has 0 aromatic heterocycles. The van der Waals surface area contributed by atoms with Crippen LogP contribution < -0.4 is 0 Å². The van der Waals surface area contributed by atoms with E-state index in [1.54, 1.807) is 0 Å². The molecule has 0 atom stereocenters. The molecule has 0 aliphatic rings. The molecule has 1 aromatic carbocycles. The van der Waals surface area contributed by atoms with Gasteiger partial charge in [0, 0.05) is 6.04 Å². The Labute approximate surface area is 159 Å². The zero-order valence-corrected chi connectivity index (χ0v) is 21.7. The first-order valence-corrected chi connectivity index (χ1v) is 21.5. The molecule has 0 aliphatic heterocycles. The van der Waals surface area contributed by atoms with E-state index < -0.39 is 33.8 Å². The van der Waals surface area contributed by atoms with Crippen molar-refractivity contribution in [3.8, 4) is 0 Å². The van der Waals surface area contributed by atoms with Gasteiger partial charge < -0.3 is 12.3 Å². The average Bonchev–Trinajstić information content (AvgIpc) is 2.33. The Hall–Kier alpha value is -0.0325. The highest BCUT2D eigenvalue weighted by Crippen LogP contribution is 2.30. The van der Waals surface area contributed by atoms with Crippen molar-refractivity contribution in [2.45, 2.75) is 77.8 Å². The highest BCUT2D eigenvalue weighted by atomic mass is 28.5. The van der Waals surface area contributed by atoms with E-state index >= 15 is 0 Å². The average molecular weight is 415 g/mol. The van der Waals surface area contributed by atoms with Gasteiger partial charge in [-0.15, -0.1) is 0 Å². The van der Waals surface area contributed by atoms with E-state index in [-0.39, 0.29) is 0 Å². The van der Waals surface area contributed by atoms with Crippen LogP contribution in [0.5, 0.6) is 0 Å². The lowest BCUT2D eigenvalue weighted by atomic mass is 10.1. The first-order valence-electron chi connectivity index (χ1n) is 9.34. The number of aryl methyl sites for hydroxylation is 1. The maximum atomic E-state index is 6.72. The summed E-state index contributed by atoms with van der Waals surface area (Å²) in [7, 11) is -7.97. The molecular formula is C18H38O3Si4. The molecule has 0 heterocycles. The molecule has 0 N–H and O–H groups in total. The minimum atomic E-state index is -2.67. The summed E-state index contributed by atoms with van der Waals surface area (Å²) >= 11 is 0. The van der Waals surface area contributed by atoms with Gasteiger partial charge in [0.1, 0.15) is 0 Å². The van der Waals surface area contributed by atoms with Crippen LogP contribution in [0.2, 0.25) is 65.0 Å². The van der Waals surface area contributed by atoms with E-state index in [4.69, 9.17) is 12.3 Å². The Balaban J connectivity index is 2.99. The van der Waals surface area contributed by atoms with E-state index in [9.17, 15) is 0 Å². The molecule has 1 aromatic rings. The fourth-order valence-electron chi connectivity index (χ4n) is 2.77. The number of hydrogen-bond acceptors (Lipinski definition) is 3. The van der Waals surface area contributed by atoms with Crippen LogP contribution in [0.1, 0.15) is 12.0 Å². The van der Waals surface area contributed by atoms with Crippen molar-refractivity contribution in [3.63, 3.8) is 0 Å². The topological polar surface area (TPSA) is 27.7 Å². The third-order valence-corrected chi connectivity index (χ3v) is 15.2. The smallest absolute Gasteiger partial charge is 0.417 e. The maximum absolute atomic E-state index is 6.72. The standard InChI is InChI=1S/C18H38O3Si4/c1-22(2,3)19-25(20-23(4,5)6,21-24(7,8)9)17-13-16-18-14-11-10-12-15-18/h10-12,14-15H,13,16-17H2,1-9H3. The SMILES string of the molecule is C[Si](C)(C)O[Si](CCCc1ccccc1)(O[Si](C)(C)C)O[Si](C)(C)C. The number of rotatable bonds is 10. The van der Waals surface area contributed by atoms with Crippen molar-refractivity contribution in [3.05, 3.63) is 35.9 Å².